The van der Waals surface area contributed by atoms with E-state index < -0.39 is 0 Å². The standard InChI is InChI=1S/C9H18N2O2.2C2H6/c1-8(2)7-13-9(12)11-5-3-10-4-6-11;2*1-2/h8,10H,3-7H2,1-2H3;2*1-2H3. The lowest BCUT2D eigenvalue weighted by atomic mass is 10.2. The van der Waals surface area contributed by atoms with Gasteiger partial charge in [0.05, 0.1) is 6.61 Å². The van der Waals surface area contributed by atoms with Crippen LogP contribution in [0, 0.1) is 5.92 Å². The summed E-state index contributed by atoms with van der Waals surface area (Å²) in [7, 11) is 0. The largest absolute Gasteiger partial charge is 0.449 e. The first-order valence-corrected chi connectivity index (χ1v) is 6.82. The second-order valence-electron chi connectivity index (χ2n) is 3.71. The molecule has 104 valence electrons. The summed E-state index contributed by atoms with van der Waals surface area (Å²) in [5, 5.41) is 3.19. The summed E-state index contributed by atoms with van der Waals surface area (Å²) in [6.07, 6.45) is -0.171. The van der Waals surface area contributed by atoms with E-state index in [1.165, 1.54) is 0 Å². The van der Waals surface area contributed by atoms with Crippen LogP contribution in [0.2, 0.25) is 0 Å². The predicted molar refractivity (Wildman–Crippen MR) is 73.3 cm³/mol. The van der Waals surface area contributed by atoms with Crippen molar-refractivity contribution >= 4 is 6.09 Å². The third-order valence-corrected chi connectivity index (χ3v) is 1.92. The summed E-state index contributed by atoms with van der Waals surface area (Å²) in [6.45, 7) is 15.8. The normalized spacial score (nSPS) is 14.2. The molecular formula is C13H30N2O2. The van der Waals surface area contributed by atoms with E-state index in [0.717, 1.165) is 26.2 Å². The van der Waals surface area contributed by atoms with Gasteiger partial charge in [0.2, 0.25) is 0 Å². The van der Waals surface area contributed by atoms with E-state index in [-0.39, 0.29) is 6.09 Å². The Labute approximate surface area is 107 Å². The molecule has 1 rings (SSSR count). The SMILES string of the molecule is CC.CC.CC(C)COC(=O)N1CCNCC1. The van der Waals surface area contributed by atoms with Gasteiger partial charge in [-0.3, -0.25) is 0 Å². The van der Waals surface area contributed by atoms with Crippen LogP contribution in [0.1, 0.15) is 41.5 Å². The summed E-state index contributed by atoms with van der Waals surface area (Å²) >= 11 is 0. The fourth-order valence-electron chi connectivity index (χ4n) is 1.18. The summed E-state index contributed by atoms with van der Waals surface area (Å²) in [5.74, 6) is 0.409. The molecule has 1 saturated heterocycles. The zero-order chi connectivity index (χ0) is 13.7. The molecule has 0 bridgehead atoms. The summed E-state index contributed by atoms with van der Waals surface area (Å²) in [6, 6.07) is 0. The Balaban J connectivity index is 0. The van der Waals surface area contributed by atoms with Crippen molar-refractivity contribution in [2.24, 2.45) is 5.92 Å². The van der Waals surface area contributed by atoms with Gasteiger partial charge >= 0.3 is 6.09 Å². The smallest absolute Gasteiger partial charge is 0.409 e. The fraction of sp³-hybridized carbons (Fsp3) is 0.923. The van der Waals surface area contributed by atoms with Gasteiger partial charge in [0.1, 0.15) is 0 Å². The lowest BCUT2D eigenvalue weighted by Gasteiger charge is -2.26. The maximum Gasteiger partial charge on any atom is 0.409 e. The lowest BCUT2D eigenvalue weighted by molar-refractivity contribution is 0.0879. The highest BCUT2D eigenvalue weighted by atomic mass is 16.6. The first kappa shape index (κ1) is 18.6. The molecule has 0 saturated carbocycles. The Morgan fingerprint density at radius 3 is 2.06 bits per heavy atom. The van der Waals surface area contributed by atoms with Crippen molar-refractivity contribution in [3.8, 4) is 0 Å². The van der Waals surface area contributed by atoms with Crippen molar-refractivity contribution in [2.45, 2.75) is 41.5 Å². The molecule has 0 radical (unpaired) electrons. The number of hydrogen-bond acceptors (Lipinski definition) is 3. The minimum absolute atomic E-state index is 0.171. The Kier molecular flexibility index (Phi) is 14.5. The average molecular weight is 246 g/mol. The number of ether oxygens (including phenoxy) is 1. The van der Waals surface area contributed by atoms with Crippen molar-refractivity contribution in [1.82, 2.24) is 10.2 Å². The van der Waals surface area contributed by atoms with Crippen LogP contribution in [0.15, 0.2) is 0 Å². The van der Waals surface area contributed by atoms with Gasteiger partial charge in [-0.15, -0.1) is 0 Å². The molecule has 4 nitrogen and oxygen atoms in total. The Bertz CT molecular complexity index is 167. The quantitative estimate of drug-likeness (QED) is 0.814. The van der Waals surface area contributed by atoms with Gasteiger partial charge in [-0.05, 0) is 5.92 Å². The van der Waals surface area contributed by atoms with Crippen LogP contribution in [0.25, 0.3) is 0 Å². The van der Waals surface area contributed by atoms with Crippen LogP contribution in [0.5, 0.6) is 0 Å². The van der Waals surface area contributed by atoms with E-state index in [9.17, 15) is 4.79 Å². The molecule has 0 unspecified atom stereocenters. The number of piperazine rings is 1. The maximum atomic E-state index is 11.4. The van der Waals surface area contributed by atoms with Crippen LogP contribution in [-0.4, -0.2) is 43.8 Å². The molecule has 0 aliphatic carbocycles. The number of nitrogens with one attached hydrogen (secondary N) is 1. The van der Waals surface area contributed by atoms with Gasteiger partial charge in [0.15, 0.2) is 0 Å². The monoisotopic (exact) mass is 246 g/mol. The predicted octanol–water partition coefficient (Wildman–Crippen LogP) is 2.74. The highest BCUT2D eigenvalue weighted by molar-refractivity contribution is 5.67. The fourth-order valence-corrected chi connectivity index (χ4v) is 1.18. The van der Waals surface area contributed by atoms with Crippen LogP contribution < -0.4 is 5.32 Å². The van der Waals surface area contributed by atoms with E-state index in [2.05, 4.69) is 5.32 Å². The van der Waals surface area contributed by atoms with E-state index in [0.29, 0.717) is 12.5 Å². The number of hydrogen-bond donors (Lipinski definition) is 1. The number of carbonyl (C=O) groups is 1. The van der Waals surface area contributed by atoms with Crippen molar-refractivity contribution in [2.75, 3.05) is 32.8 Å². The second-order valence-corrected chi connectivity index (χ2v) is 3.71. The van der Waals surface area contributed by atoms with Crippen molar-refractivity contribution in [3.05, 3.63) is 0 Å². The zero-order valence-corrected chi connectivity index (χ0v) is 12.4. The Hall–Kier alpha value is -0.770. The minimum Gasteiger partial charge on any atom is -0.449 e. The van der Waals surface area contributed by atoms with Gasteiger partial charge in [0, 0.05) is 26.2 Å². The Morgan fingerprint density at radius 1 is 1.18 bits per heavy atom. The summed E-state index contributed by atoms with van der Waals surface area (Å²) in [5.41, 5.74) is 0. The van der Waals surface area contributed by atoms with E-state index in [1.54, 1.807) is 4.90 Å². The third kappa shape index (κ3) is 10.1. The number of rotatable bonds is 2. The first-order chi connectivity index (χ1) is 8.20. The van der Waals surface area contributed by atoms with Crippen LogP contribution in [0.3, 0.4) is 0 Å². The van der Waals surface area contributed by atoms with Crippen molar-refractivity contribution in [3.63, 3.8) is 0 Å². The molecule has 1 fully saturated rings. The molecule has 1 aliphatic rings. The molecule has 1 amide bonds. The van der Waals surface area contributed by atoms with Crippen molar-refractivity contribution < 1.29 is 9.53 Å². The third-order valence-electron chi connectivity index (χ3n) is 1.92. The van der Waals surface area contributed by atoms with E-state index in [1.807, 2.05) is 41.5 Å². The molecule has 0 atom stereocenters. The average Bonchev–Trinajstić information content (AvgIpc) is 2.41. The molecule has 0 aromatic heterocycles. The first-order valence-electron chi connectivity index (χ1n) is 6.82. The zero-order valence-electron chi connectivity index (χ0n) is 12.4. The molecule has 1 aliphatic heterocycles. The molecule has 0 aromatic rings. The lowest BCUT2D eigenvalue weighted by Crippen LogP contribution is -2.46. The number of amides is 1. The molecule has 1 heterocycles. The van der Waals surface area contributed by atoms with Gasteiger partial charge in [-0.2, -0.15) is 0 Å². The molecular weight excluding hydrogens is 216 g/mol. The van der Waals surface area contributed by atoms with Gasteiger partial charge < -0.3 is 15.0 Å². The van der Waals surface area contributed by atoms with Crippen LogP contribution in [-0.2, 0) is 4.74 Å². The van der Waals surface area contributed by atoms with Gasteiger partial charge in [-0.25, -0.2) is 4.79 Å². The highest BCUT2D eigenvalue weighted by Crippen LogP contribution is 1.99. The molecule has 0 spiro atoms. The number of nitrogens with zero attached hydrogens (tertiary/aromatic N) is 1. The van der Waals surface area contributed by atoms with E-state index in [4.69, 9.17) is 4.74 Å². The molecule has 17 heavy (non-hydrogen) atoms. The maximum absolute atomic E-state index is 11.4. The summed E-state index contributed by atoms with van der Waals surface area (Å²) in [4.78, 5) is 13.1. The minimum atomic E-state index is -0.171. The van der Waals surface area contributed by atoms with Crippen LogP contribution >= 0.6 is 0 Å². The molecule has 4 heteroatoms. The molecule has 1 N–H and O–H groups in total. The second kappa shape index (κ2) is 13.3. The van der Waals surface area contributed by atoms with E-state index >= 15 is 0 Å². The Morgan fingerprint density at radius 2 is 1.65 bits per heavy atom. The van der Waals surface area contributed by atoms with Crippen LogP contribution in [0.4, 0.5) is 4.79 Å². The van der Waals surface area contributed by atoms with Gasteiger partial charge in [-0.1, -0.05) is 41.5 Å². The van der Waals surface area contributed by atoms with Crippen molar-refractivity contribution in [1.29, 1.82) is 0 Å². The van der Waals surface area contributed by atoms with Gasteiger partial charge in [0.25, 0.3) is 0 Å². The summed E-state index contributed by atoms with van der Waals surface area (Å²) < 4.78 is 5.10. The molecule has 0 aromatic carbocycles. The highest BCUT2D eigenvalue weighted by Gasteiger charge is 2.17. The number of carbonyl (C=O) groups excluding carboxylic acids is 1. The topological polar surface area (TPSA) is 41.6 Å².